The van der Waals surface area contributed by atoms with Crippen LogP contribution in [0.15, 0.2) is 51.6 Å². The van der Waals surface area contributed by atoms with Crippen molar-refractivity contribution < 1.29 is 43.3 Å². The number of nitrogens with zero attached hydrogens (tertiary/aromatic N) is 3. The van der Waals surface area contributed by atoms with Crippen LogP contribution in [0.5, 0.6) is 0 Å². The number of benzene rings is 1. The molecule has 1 fully saturated rings. The minimum absolute atomic E-state index is 0.0472. The molecule has 1 unspecified atom stereocenters. The highest BCUT2D eigenvalue weighted by Gasteiger charge is 2.56. The Morgan fingerprint density at radius 2 is 1.84 bits per heavy atom. The number of carbonyl (C=O) groups is 6. The van der Waals surface area contributed by atoms with Gasteiger partial charge in [0.2, 0.25) is 5.91 Å². The normalized spacial score (nSPS) is 17.4. The molecule has 0 saturated carbocycles. The van der Waals surface area contributed by atoms with Gasteiger partial charge in [0.1, 0.15) is 23.4 Å². The topological polar surface area (TPSA) is 160 Å². The van der Waals surface area contributed by atoms with Crippen molar-refractivity contribution in [2.75, 3.05) is 24.7 Å². The number of esters is 2. The molecule has 44 heavy (non-hydrogen) atoms. The van der Waals surface area contributed by atoms with Crippen molar-refractivity contribution in [3.8, 4) is 0 Å². The Labute approximate surface area is 265 Å². The second-order valence-corrected chi connectivity index (χ2v) is 12.9. The number of fused-ring (bicyclic) bond motifs is 2. The molecule has 1 N–H and O–H groups in total. The van der Waals surface area contributed by atoms with Crippen LogP contribution >= 0.6 is 34.9 Å². The Morgan fingerprint density at radius 3 is 2.48 bits per heavy atom. The van der Waals surface area contributed by atoms with Crippen LogP contribution in [-0.4, -0.2) is 92.0 Å². The van der Waals surface area contributed by atoms with Gasteiger partial charge < -0.3 is 24.3 Å². The first kappa shape index (κ1) is 33.2. The summed E-state index contributed by atoms with van der Waals surface area (Å²) in [7, 11) is 0. The summed E-state index contributed by atoms with van der Waals surface area (Å²) >= 11 is 4.17. The number of ether oxygens (including phenoxy) is 2. The summed E-state index contributed by atoms with van der Waals surface area (Å²) in [6, 6.07) is 6.49. The molecule has 2 aliphatic heterocycles. The van der Waals surface area contributed by atoms with Crippen LogP contribution in [0.1, 0.15) is 39.5 Å². The predicted molar refractivity (Wildman–Crippen MR) is 165 cm³/mol. The van der Waals surface area contributed by atoms with Gasteiger partial charge in [-0.05, 0) is 44.4 Å². The molecule has 2 amide bonds. The van der Waals surface area contributed by atoms with Crippen molar-refractivity contribution in [2.45, 2.75) is 55.3 Å². The van der Waals surface area contributed by atoms with Gasteiger partial charge in [0, 0.05) is 30.5 Å². The van der Waals surface area contributed by atoms with Crippen molar-refractivity contribution in [1.82, 2.24) is 14.8 Å². The molecule has 12 nitrogen and oxygen atoms in total. The van der Waals surface area contributed by atoms with Crippen LogP contribution in [-0.2, 0) is 38.2 Å². The number of rotatable bonds is 15. The Bertz CT molecular complexity index is 1470. The van der Waals surface area contributed by atoms with E-state index in [4.69, 9.17) is 9.47 Å². The monoisotopic (exact) mass is 661 g/mol. The second-order valence-electron chi connectivity index (χ2n) is 9.55. The number of carboxylic acid groups (broad SMARTS) is 1. The molecular formula is C29H31N3O9S3. The number of thiazole rings is 1. The van der Waals surface area contributed by atoms with Gasteiger partial charge in [0.05, 0.1) is 23.4 Å². The predicted octanol–water partition coefficient (Wildman–Crippen LogP) is 3.61. The summed E-state index contributed by atoms with van der Waals surface area (Å²) < 4.78 is 11.8. The molecule has 4 rings (SSSR count). The van der Waals surface area contributed by atoms with Gasteiger partial charge in [-0.3, -0.25) is 14.5 Å². The van der Waals surface area contributed by atoms with E-state index in [1.54, 1.807) is 13.8 Å². The van der Waals surface area contributed by atoms with Crippen LogP contribution in [0.3, 0.4) is 0 Å². The molecule has 1 saturated heterocycles. The zero-order chi connectivity index (χ0) is 31.8. The molecular weight excluding hydrogens is 631 g/mol. The van der Waals surface area contributed by atoms with E-state index in [-0.39, 0.29) is 37.5 Å². The van der Waals surface area contributed by atoms with E-state index in [1.807, 2.05) is 24.3 Å². The zero-order valence-corrected chi connectivity index (χ0v) is 26.5. The first-order valence-electron chi connectivity index (χ1n) is 13.9. The summed E-state index contributed by atoms with van der Waals surface area (Å²) in [6.45, 7) is 3.01. The molecule has 0 radical (unpaired) electrons. The van der Waals surface area contributed by atoms with E-state index < -0.39 is 46.7 Å². The van der Waals surface area contributed by atoms with Crippen LogP contribution in [0, 0.1) is 0 Å². The van der Waals surface area contributed by atoms with Gasteiger partial charge in [-0.15, -0.1) is 23.1 Å². The molecule has 0 spiro atoms. The Balaban J connectivity index is 1.62. The lowest BCUT2D eigenvalue weighted by molar-refractivity contribution is -0.157. The number of β-lactam (4-membered cyclic amide) rings is 1. The molecule has 3 heterocycles. The summed E-state index contributed by atoms with van der Waals surface area (Å²) in [4.78, 5) is 82.4. The molecule has 2 atom stereocenters. The van der Waals surface area contributed by atoms with E-state index in [0.29, 0.717) is 24.2 Å². The Morgan fingerprint density at radius 1 is 1.14 bits per heavy atom. The number of hydrogen-bond donors (Lipinski definition) is 1. The fraction of sp³-hybridized carbons (Fsp3) is 0.414. The molecule has 2 aromatic rings. The summed E-state index contributed by atoms with van der Waals surface area (Å²) in [5.74, 6) is -3.98. The molecule has 0 bridgehead atoms. The number of aromatic nitrogens is 1. The van der Waals surface area contributed by atoms with Gasteiger partial charge in [0.15, 0.2) is 9.91 Å². The first-order chi connectivity index (χ1) is 21.2. The lowest BCUT2D eigenvalue weighted by atomic mass is 10.0. The Kier molecular flexibility index (Phi) is 11.6. The van der Waals surface area contributed by atoms with E-state index in [9.17, 15) is 33.9 Å². The smallest absolute Gasteiger partial charge is 0.352 e. The molecule has 0 aliphatic carbocycles. The minimum Gasteiger partial charge on any atom is -0.477 e. The highest BCUT2D eigenvalue weighted by Crippen LogP contribution is 2.44. The van der Waals surface area contributed by atoms with E-state index in [1.165, 1.54) is 34.9 Å². The standard InChI is InChI=1S/C29H31N3O9S3/c1-3-40-27(38)18(28(39)41-4-2)14-31(21(34)12-6-5-9-13-33)23-24(35)32-22(26(36)37)17(15-42-25(23)32)16-43-29-30-19-10-7-8-11-20(19)44-29/h7-8,10-11,13-14,23,25H,3-6,9,12,15-16H2,1-2H3,(H,36,37)/t23?,25-/m0/s1. The average Bonchev–Trinajstić information content (AvgIpc) is 3.42. The number of carboxylic acids is 1. The number of carbonyl (C=O) groups excluding carboxylic acids is 5. The number of hydrogen-bond acceptors (Lipinski definition) is 12. The lowest BCUT2D eigenvalue weighted by Crippen LogP contribution is -2.70. The summed E-state index contributed by atoms with van der Waals surface area (Å²) in [5, 5.41) is 9.37. The van der Waals surface area contributed by atoms with Gasteiger partial charge in [-0.2, -0.15) is 0 Å². The average molecular weight is 662 g/mol. The van der Waals surface area contributed by atoms with Crippen LogP contribution in [0.25, 0.3) is 10.2 Å². The third-order valence-corrected chi connectivity index (χ3v) is 10.3. The van der Waals surface area contributed by atoms with E-state index in [2.05, 4.69) is 4.98 Å². The molecule has 1 aromatic heterocycles. The number of aldehydes is 1. The van der Waals surface area contributed by atoms with Gasteiger partial charge in [-0.25, -0.2) is 19.4 Å². The number of para-hydroxylation sites is 1. The highest BCUT2D eigenvalue weighted by atomic mass is 32.2. The fourth-order valence-electron chi connectivity index (χ4n) is 4.65. The SMILES string of the molecule is CCOC(=O)C(=CN(C(=O)CCCCC=O)C1C(=O)N2C(C(=O)O)=C(CSc3nc4ccccc4s3)CS[C@@H]12)C(=O)OCC. The maximum absolute atomic E-state index is 13.6. The molecule has 2 aliphatic rings. The third-order valence-electron chi connectivity index (χ3n) is 6.68. The third kappa shape index (κ3) is 7.33. The van der Waals surface area contributed by atoms with Gasteiger partial charge in [-0.1, -0.05) is 23.9 Å². The Hall–Kier alpha value is -3.69. The second kappa shape index (κ2) is 15.3. The lowest BCUT2D eigenvalue weighted by Gasteiger charge is -2.52. The van der Waals surface area contributed by atoms with Crippen LogP contribution in [0.2, 0.25) is 0 Å². The molecule has 234 valence electrons. The van der Waals surface area contributed by atoms with Crippen molar-refractivity contribution in [3.05, 3.63) is 47.3 Å². The number of thioether (sulfide) groups is 2. The number of amides is 2. The quantitative estimate of drug-likeness (QED) is 0.0432. The maximum Gasteiger partial charge on any atom is 0.352 e. The maximum atomic E-state index is 13.6. The highest BCUT2D eigenvalue weighted by molar-refractivity contribution is 8.02. The molecule has 1 aromatic carbocycles. The van der Waals surface area contributed by atoms with Gasteiger partial charge in [0.25, 0.3) is 5.91 Å². The van der Waals surface area contributed by atoms with Crippen molar-refractivity contribution in [1.29, 1.82) is 0 Å². The largest absolute Gasteiger partial charge is 0.477 e. The van der Waals surface area contributed by atoms with Gasteiger partial charge >= 0.3 is 17.9 Å². The van der Waals surface area contributed by atoms with E-state index in [0.717, 1.165) is 36.8 Å². The van der Waals surface area contributed by atoms with Crippen molar-refractivity contribution >= 4 is 81.1 Å². The van der Waals surface area contributed by atoms with Crippen molar-refractivity contribution in [2.24, 2.45) is 0 Å². The number of aliphatic carboxylic acids is 1. The van der Waals surface area contributed by atoms with Crippen LogP contribution in [0.4, 0.5) is 0 Å². The number of unbranched alkanes of at least 4 members (excludes halogenated alkanes) is 2. The molecule has 15 heteroatoms. The minimum atomic E-state index is -1.27. The van der Waals surface area contributed by atoms with Crippen molar-refractivity contribution in [3.63, 3.8) is 0 Å². The zero-order valence-electron chi connectivity index (χ0n) is 24.1. The fourth-order valence-corrected chi connectivity index (χ4v) is 8.25. The van der Waals surface area contributed by atoms with Crippen LogP contribution < -0.4 is 0 Å². The summed E-state index contributed by atoms with van der Waals surface area (Å²) in [6.07, 6.45) is 2.64. The first-order valence-corrected chi connectivity index (χ1v) is 16.8. The summed E-state index contributed by atoms with van der Waals surface area (Å²) in [5.41, 5.74) is 0.669. The van der Waals surface area contributed by atoms with E-state index >= 15 is 0 Å².